The number of hydrogen-bond donors (Lipinski definition) is 0. The zero-order chi connectivity index (χ0) is 17.3. The number of amides is 2. The predicted molar refractivity (Wildman–Crippen MR) is 85.4 cm³/mol. The van der Waals surface area contributed by atoms with Crippen molar-refractivity contribution < 1.29 is 19.1 Å². The minimum absolute atomic E-state index is 0.0173. The standard InChI is InChI=1S/C17H13ClN2O4/c1-10(17(23)24-9-11-6-7-14(18)19-8-11)20-15(21)12-4-2-3-5-13(12)16(20)22/h2-8,10H,9H2,1H3. The van der Waals surface area contributed by atoms with Crippen LogP contribution in [-0.4, -0.2) is 33.7 Å². The number of esters is 1. The number of pyridine rings is 1. The van der Waals surface area contributed by atoms with Gasteiger partial charge in [-0.05, 0) is 25.1 Å². The average molecular weight is 345 g/mol. The molecule has 1 aromatic carbocycles. The lowest BCUT2D eigenvalue weighted by Gasteiger charge is -2.20. The van der Waals surface area contributed by atoms with Crippen LogP contribution in [0.15, 0.2) is 42.6 Å². The maximum Gasteiger partial charge on any atom is 0.329 e. The number of ether oxygens (including phenoxy) is 1. The fraction of sp³-hybridized carbons (Fsp3) is 0.176. The van der Waals surface area contributed by atoms with Gasteiger partial charge in [-0.1, -0.05) is 29.8 Å². The maximum absolute atomic E-state index is 12.3. The Kier molecular flexibility index (Phi) is 4.31. The van der Waals surface area contributed by atoms with E-state index < -0.39 is 23.8 Å². The van der Waals surface area contributed by atoms with Crippen LogP contribution in [0.1, 0.15) is 33.2 Å². The van der Waals surface area contributed by atoms with Crippen molar-refractivity contribution in [2.24, 2.45) is 0 Å². The Hall–Kier alpha value is -2.73. The lowest BCUT2D eigenvalue weighted by atomic mass is 10.1. The topological polar surface area (TPSA) is 76.6 Å². The first kappa shape index (κ1) is 16.1. The van der Waals surface area contributed by atoms with E-state index in [0.717, 1.165) is 4.90 Å². The van der Waals surface area contributed by atoms with Crippen molar-refractivity contribution in [1.29, 1.82) is 0 Å². The lowest BCUT2D eigenvalue weighted by molar-refractivity contribution is -0.149. The van der Waals surface area contributed by atoms with Crippen LogP contribution >= 0.6 is 11.6 Å². The van der Waals surface area contributed by atoms with Crippen molar-refractivity contribution in [1.82, 2.24) is 9.88 Å². The van der Waals surface area contributed by atoms with Gasteiger partial charge in [0.05, 0.1) is 11.1 Å². The average Bonchev–Trinajstić information content (AvgIpc) is 2.85. The maximum atomic E-state index is 12.3. The summed E-state index contributed by atoms with van der Waals surface area (Å²) in [7, 11) is 0. The second-order valence-corrected chi connectivity index (χ2v) is 5.69. The number of imide groups is 1. The molecular formula is C17H13ClN2O4. The van der Waals surface area contributed by atoms with E-state index in [1.54, 1.807) is 36.4 Å². The highest BCUT2D eigenvalue weighted by atomic mass is 35.5. The third-order valence-electron chi connectivity index (χ3n) is 3.72. The van der Waals surface area contributed by atoms with Crippen LogP contribution in [0.3, 0.4) is 0 Å². The van der Waals surface area contributed by atoms with Gasteiger partial charge in [-0.15, -0.1) is 0 Å². The summed E-state index contributed by atoms with van der Waals surface area (Å²) in [5.41, 5.74) is 1.25. The van der Waals surface area contributed by atoms with Crippen molar-refractivity contribution >= 4 is 29.4 Å². The molecule has 7 heteroatoms. The van der Waals surface area contributed by atoms with Gasteiger partial charge in [0.2, 0.25) is 0 Å². The molecule has 1 aliphatic heterocycles. The quantitative estimate of drug-likeness (QED) is 0.484. The molecule has 2 aromatic rings. The molecule has 0 saturated heterocycles. The number of hydrogen-bond acceptors (Lipinski definition) is 5. The first-order valence-electron chi connectivity index (χ1n) is 7.23. The monoisotopic (exact) mass is 344 g/mol. The van der Waals surface area contributed by atoms with E-state index >= 15 is 0 Å². The highest BCUT2D eigenvalue weighted by Gasteiger charge is 2.41. The number of rotatable bonds is 4. The smallest absolute Gasteiger partial charge is 0.329 e. The zero-order valence-electron chi connectivity index (χ0n) is 12.7. The molecule has 0 aliphatic carbocycles. The molecule has 0 spiro atoms. The Labute approximate surface area is 143 Å². The second kappa shape index (κ2) is 6.41. The summed E-state index contributed by atoms with van der Waals surface area (Å²) in [5, 5.41) is 0.337. The third-order valence-corrected chi connectivity index (χ3v) is 3.95. The molecular weight excluding hydrogens is 332 g/mol. The van der Waals surface area contributed by atoms with Crippen LogP contribution in [0.25, 0.3) is 0 Å². The van der Waals surface area contributed by atoms with Crippen molar-refractivity contribution in [2.45, 2.75) is 19.6 Å². The summed E-state index contributed by atoms with van der Waals surface area (Å²) in [6.07, 6.45) is 1.49. The fourth-order valence-electron chi connectivity index (χ4n) is 2.43. The molecule has 2 amide bonds. The van der Waals surface area contributed by atoms with Crippen molar-refractivity contribution in [3.05, 3.63) is 64.4 Å². The Bertz CT molecular complexity index is 785. The van der Waals surface area contributed by atoms with Crippen LogP contribution in [0, 0.1) is 0 Å². The number of fused-ring (bicyclic) bond motifs is 1. The van der Waals surface area contributed by atoms with Gasteiger partial charge >= 0.3 is 5.97 Å². The Morgan fingerprint density at radius 2 is 1.79 bits per heavy atom. The third kappa shape index (κ3) is 2.88. The molecule has 0 radical (unpaired) electrons. The number of halogens is 1. The lowest BCUT2D eigenvalue weighted by Crippen LogP contribution is -2.43. The molecule has 0 fully saturated rings. The van der Waals surface area contributed by atoms with Crippen LogP contribution in [0.5, 0.6) is 0 Å². The summed E-state index contributed by atoms with van der Waals surface area (Å²) in [4.78, 5) is 41.7. The molecule has 24 heavy (non-hydrogen) atoms. The summed E-state index contributed by atoms with van der Waals surface area (Å²) in [5.74, 6) is -1.65. The highest BCUT2D eigenvalue weighted by Crippen LogP contribution is 2.24. The van der Waals surface area contributed by atoms with Crippen molar-refractivity contribution in [2.75, 3.05) is 0 Å². The molecule has 6 nitrogen and oxygen atoms in total. The zero-order valence-corrected chi connectivity index (χ0v) is 13.5. The first-order chi connectivity index (χ1) is 11.5. The van der Waals surface area contributed by atoms with Gasteiger partial charge in [0.25, 0.3) is 11.8 Å². The molecule has 1 aromatic heterocycles. The van der Waals surface area contributed by atoms with Crippen molar-refractivity contribution in [3.8, 4) is 0 Å². The Morgan fingerprint density at radius 3 is 2.33 bits per heavy atom. The summed E-state index contributed by atoms with van der Waals surface area (Å²) >= 11 is 5.69. The Morgan fingerprint density at radius 1 is 1.17 bits per heavy atom. The van der Waals surface area contributed by atoms with Gasteiger partial charge in [-0.25, -0.2) is 9.78 Å². The van der Waals surface area contributed by atoms with E-state index in [4.69, 9.17) is 16.3 Å². The summed E-state index contributed by atoms with van der Waals surface area (Å²) in [6, 6.07) is 8.71. The molecule has 122 valence electrons. The molecule has 1 unspecified atom stereocenters. The van der Waals surface area contributed by atoms with E-state index in [1.165, 1.54) is 13.1 Å². The minimum atomic E-state index is -1.02. The SMILES string of the molecule is CC(C(=O)OCc1ccc(Cl)nc1)N1C(=O)c2ccccc2C1=O. The number of carbonyl (C=O) groups is 3. The number of aromatic nitrogens is 1. The molecule has 1 aliphatic rings. The molecule has 0 N–H and O–H groups in total. The molecule has 2 heterocycles. The molecule has 1 atom stereocenters. The minimum Gasteiger partial charge on any atom is -0.459 e. The highest BCUT2D eigenvalue weighted by molar-refractivity contribution is 6.29. The predicted octanol–water partition coefficient (Wildman–Crippen LogP) is 2.46. The van der Waals surface area contributed by atoms with E-state index in [-0.39, 0.29) is 6.61 Å². The summed E-state index contributed by atoms with van der Waals surface area (Å²) in [6.45, 7) is 1.45. The van der Waals surface area contributed by atoms with Gasteiger partial charge in [0.1, 0.15) is 17.8 Å². The first-order valence-corrected chi connectivity index (χ1v) is 7.61. The van der Waals surface area contributed by atoms with Gasteiger partial charge in [0.15, 0.2) is 0 Å². The van der Waals surface area contributed by atoms with Gasteiger partial charge in [0, 0.05) is 11.8 Å². The summed E-state index contributed by atoms with van der Waals surface area (Å²) < 4.78 is 5.17. The van der Waals surface area contributed by atoms with Gasteiger partial charge in [-0.3, -0.25) is 14.5 Å². The van der Waals surface area contributed by atoms with Crippen molar-refractivity contribution in [3.63, 3.8) is 0 Å². The number of carbonyl (C=O) groups excluding carboxylic acids is 3. The van der Waals surface area contributed by atoms with E-state index in [0.29, 0.717) is 21.8 Å². The number of benzene rings is 1. The van der Waals surface area contributed by atoms with Gasteiger partial charge < -0.3 is 4.74 Å². The second-order valence-electron chi connectivity index (χ2n) is 5.30. The van der Waals surface area contributed by atoms with Gasteiger partial charge in [-0.2, -0.15) is 0 Å². The van der Waals surface area contributed by atoms with E-state index in [2.05, 4.69) is 4.98 Å². The molecule has 0 saturated carbocycles. The largest absolute Gasteiger partial charge is 0.459 e. The van der Waals surface area contributed by atoms with E-state index in [9.17, 15) is 14.4 Å². The molecule has 0 bridgehead atoms. The van der Waals surface area contributed by atoms with Crippen LogP contribution < -0.4 is 0 Å². The van der Waals surface area contributed by atoms with Crippen LogP contribution in [0.2, 0.25) is 5.15 Å². The van der Waals surface area contributed by atoms with E-state index in [1.807, 2.05) is 0 Å². The van der Waals surface area contributed by atoms with Crippen LogP contribution in [-0.2, 0) is 16.1 Å². The Balaban J connectivity index is 1.69. The number of nitrogens with zero attached hydrogens (tertiary/aromatic N) is 2. The fourth-order valence-corrected chi connectivity index (χ4v) is 2.54. The van der Waals surface area contributed by atoms with Crippen LogP contribution in [0.4, 0.5) is 0 Å². The normalized spacial score (nSPS) is 14.5. The molecule has 3 rings (SSSR count).